The Morgan fingerprint density at radius 2 is 1.90 bits per heavy atom. The zero-order valence-electron chi connectivity index (χ0n) is 13.0. The molecule has 1 saturated heterocycles. The zero-order valence-corrected chi connectivity index (χ0v) is 13.8. The molecule has 1 aliphatic carbocycles. The minimum absolute atomic E-state index is 0.620. The number of unbranched alkanes of at least 4 members (excludes halogenated alkanes) is 1. The van der Waals surface area contributed by atoms with Crippen LogP contribution in [0.5, 0.6) is 0 Å². The zero-order chi connectivity index (χ0) is 14.2. The molecule has 4 heteroatoms. The van der Waals surface area contributed by atoms with Crippen molar-refractivity contribution in [2.75, 3.05) is 19.6 Å². The SMILES string of the molecule is CC1CCCN1CCCCNC(=S)NC1CCCCC1. The van der Waals surface area contributed by atoms with Crippen LogP contribution >= 0.6 is 12.2 Å². The molecule has 0 radical (unpaired) electrons. The van der Waals surface area contributed by atoms with E-state index in [-0.39, 0.29) is 0 Å². The fraction of sp³-hybridized carbons (Fsp3) is 0.938. The number of thiocarbonyl (C=S) groups is 1. The summed E-state index contributed by atoms with van der Waals surface area (Å²) in [5, 5.41) is 7.70. The van der Waals surface area contributed by atoms with Crippen molar-refractivity contribution in [3.8, 4) is 0 Å². The summed E-state index contributed by atoms with van der Waals surface area (Å²) in [6, 6.07) is 1.42. The van der Waals surface area contributed by atoms with Crippen molar-refractivity contribution in [2.45, 2.75) is 76.8 Å². The molecule has 2 fully saturated rings. The van der Waals surface area contributed by atoms with E-state index < -0.39 is 0 Å². The average molecular weight is 298 g/mol. The Hall–Kier alpha value is -0.350. The van der Waals surface area contributed by atoms with E-state index in [1.54, 1.807) is 0 Å². The van der Waals surface area contributed by atoms with Gasteiger partial charge in [0.15, 0.2) is 5.11 Å². The Balaban J connectivity index is 1.46. The molecule has 2 aliphatic rings. The lowest BCUT2D eigenvalue weighted by Gasteiger charge is -2.24. The Bertz CT molecular complexity index is 289. The fourth-order valence-corrected chi connectivity index (χ4v) is 3.72. The van der Waals surface area contributed by atoms with Crippen LogP contribution in [0.2, 0.25) is 0 Å². The van der Waals surface area contributed by atoms with Gasteiger partial charge in [0, 0.05) is 18.6 Å². The normalized spacial score (nSPS) is 24.8. The molecule has 1 heterocycles. The number of hydrogen-bond acceptors (Lipinski definition) is 2. The highest BCUT2D eigenvalue weighted by Gasteiger charge is 2.19. The van der Waals surface area contributed by atoms with Gasteiger partial charge in [0.2, 0.25) is 0 Å². The Kier molecular flexibility index (Phi) is 7.08. The third kappa shape index (κ3) is 5.57. The lowest BCUT2D eigenvalue weighted by molar-refractivity contribution is 0.263. The van der Waals surface area contributed by atoms with Gasteiger partial charge in [-0.2, -0.15) is 0 Å². The topological polar surface area (TPSA) is 27.3 Å². The first-order chi connectivity index (χ1) is 9.75. The fourth-order valence-electron chi connectivity index (χ4n) is 3.45. The molecule has 1 saturated carbocycles. The van der Waals surface area contributed by atoms with Crippen molar-refractivity contribution in [3.05, 3.63) is 0 Å². The molecule has 1 unspecified atom stereocenters. The van der Waals surface area contributed by atoms with E-state index in [2.05, 4.69) is 22.5 Å². The third-order valence-electron chi connectivity index (χ3n) is 4.79. The number of likely N-dealkylation sites (tertiary alicyclic amines) is 1. The summed E-state index contributed by atoms with van der Waals surface area (Å²) in [6.07, 6.45) is 11.9. The first-order valence-corrected chi connectivity index (χ1v) is 8.95. The maximum Gasteiger partial charge on any atom is 0.166 e. The smallest absolute Gasteiger partial charge is 0.166 e. The number of hydrogen-bond donors (Lipinski definition) is 2. The standard InChI is InChI=1S/C16H31N3S/c1-14-8-7-13-19(14)12-6-5-11-17-16(20)18-15-9-3-2-4-10-15/h14-15H,2-13H2,1H3,(H2,17,18,20). The second-order valence-electron chi connectivity index (χ2n) is 6.47. The van der Waals surface area contributed by atoms with Crippen LogP contribution in [-0.4, -0.2) is 41.7 Å². The largest absolute Gasteiger partial charge is 0.363 e. The van der Waals surface area contributed by atoms with Crippen LogP contribution in [0, 0.1) is 0 Å². The first kappa shape index (κ1) is 16.0. The van der Waals surface area contributed by atoms with E-state index in [0.717, 1.165) is 17.7 Å². The summed E-state index contributed by atoms with van der Waals surface area (Å²) < 4.78 is 0. The molecule has 116 valence electrons. The minimum Gasteiger partial charge on any atom is -0.363 e. The number of nitrogens with one attached hydrogen (secondary N) is 2. The van der Waals surface area contributed by atoms with Crippen molar-refractivity contribution in [1.29, 1.82) is 0 Å². The summed E-state index contributed by atoms with van der Waals surface area (Å²) in [5.74, 6) is 0. The van der Waals surface area contributed by atoms with Gasteiger partial charge < -0.3 is 15.5 Å². The lowest BCUT2D eigenvalue weighted by Crippen LogP contribution is -2.43. The summed E-state index contributed by atoms with van der Waals surface area (Å²) >= 11 is 5.38. The van der Waals surface area contributed by atoms with Gasteiger partial charge >= 0.3 is 0 Å². The Labute approximate surface area is 129 Å². The summed E-state index contributed by atoms with van der Waals surface area (Å²) in [5.41, 5.74) is 0. The Morgan fingerprint density at radius 3 is 2.60 bits per heavy atom. The lowest BCUT2D eigenvalue weighted by atomic mass is 9.96. The quantitative estimate of drug-likeness (QED) is 0.582. The van der Waals surface area contributed by atoms with Crippen molar-refractivity contribution in [3.63, 3.8) is 0 Å². The van der Waals surface area contributed by atoms with Crippen LogP contribution in [-0.2, 0) is 0 Å². The molecule has 2 rings (SSSR count). The highest BCUT2D eigenvalue weighted by atomic mass is 32.1. The number of rotatable bonds is 6. The second kappa shape index (κ2) is 8.83. The molecule has 2 N–H and O–H groups in total. The van der Waals surface area contributed by atoms with Crippen LogP contribution in [0.4, 0.5) is 0 Å². The van der Waals surface area contributed by atoms with Gasteiger partial charge in [-0.1, -0.05) is 19.3 Å². The highest BCUT2D eigenvalue weighted by molar-refractivity contribution is 7.80. The number of nitrogens with zero attached hydrogens (tertiary/aromatic N) is 1. The van der Waals surface area contributed by atoms with Gasteiger partial charge in [-0.25, -0.2) is 0 Å². The highest BCUT2D eigenvalue weighted by Crippen LogP contribution is 2.17. The van der Waals surface area contributed by atoms with Gasteiger partial charge in [-0.3, -0.25) is 0 Å². The van der Waals surface area contributed by atoms with Crippen LogP contribution < -0.4 is 10.6 Å². The molecule has 0 amide bonds. The van der Waals surface area contributed by atoms with Gasteiger partial charge in [0.1, 0.15) is 0 Å². The molecule has 0 aromatic heterocycles. The van der Waals surface area contributed by atoms with E-state index >= 15 is 0 Å². The predicted octanol–water partition coefficient (Wildman–Crippen LogP) is 3.05. The second-order valence-corrected chi connectivity index (χ2v) is 6.88. The van der Waals surface area contributed by atoms with Crippen LogP contribution in [0.25, 0.3) is 0 Å². The minimum atomic E-state index is 0.620. The maximum absolute atomic E-state index is 5.38. The third-order valence-corrected chi connectivity index (χ3v) is 5.05. The predicted molar refractivity (Wildman–Crippen MR) is 90.1 cm³/mol. The van der Waals surface area contributed by atoms with Crippen LogP contribution in [0.3, 0.4) is 0 Å². The maximum atomic E-state index is 5.38. The van der Waals surface area contributed by atoms with Crippen LogP contribution in [0.1, 0.15) is 64.7 Å². The van der Waals surface area contributed by atoms with E-state index in [1.807, 2.05) is 0 Å². The van der Waals surface area contributed by atoms with Crippen molar-refractivity contribution in [2.24, 2.45) is 0 Å². The van der Waals surface area contributed by atoms with Gasteiger partial charge in [-0.15, -0.1) is 0 Å². The molecule has 1 atom stereocenters. The van der Waals surface area contributed by atoms with E-state index in [4.69, 9.17) is 12.2 Å². The molecule has 0 aromatic rings. The molecule has 0 aromatic carbocycles. The van der Waals surface area contributed by atoms with Gasteiger partial charge in [0.05, 0.1) is 0 Å². The Morgan fingerprint density at radius 1 is 1.10 bits per heavy atom. The summed E-state index contributed by atoms with van der Waals surface area (Å²) in [4.78, 5) is 2.62. The molecule has 1 aliphatic heterocycles. The summed E-state index contributed by atoms with van der Waals surface area (Å²) in [7, 11) is 0. The van der Waals surface area contributed by atoms with E-state index in [1.165, 1.54) is 70.9 Å². The average Bonchev–Trinajstić information content (AvgIpc) is 2.85. The molecule has 0 spiro atoms. The molecule has 3 nitrogen and oxygen atoms in total. The summed E-state index contributed by atoms with van der Waals surface area (Å²) in [6.45, 7) is 5.93. The van der Waals surface area contributed by atoms with Gasteiger partial charge in [-0.05, 0) is 70.8 Å². The van der Waals surface area contributed by atoms with Crippen LogP contribution in [0.15, 0.2) is 0 Å². The first-order valence-electron chi connectivity index (χ1n) is 8.54. The van der Waals surface area contributed by atoms with E-state index in [0.29, 0.717) is 6.04 Å². The van der Waals surface area contributed by atoms with Crippen molar-refractivity contribution in [1.82, 2.24) is 15.5 Å². The molecular formula is C16H31N3S. The molecule has 20 heavy (non-hydrogen) atoms. The van der Waals surface area contributed by atoms with Gasteiger partial charge in [0.25, 0.3) is 0 Å². The molecule has 0 bridgehead atoms. The van der Waals surface area contributed by atoms with E-state index in [9.17, 15) is 0 Å². The van der Waals surface area contributed by atoms with Crippen molar-refractivity contribution < 1.29 is 0 Å². The molecular weight excluding hydrogens is 266 g/mol. The monoisotopic (exact) mass is 297 g/mol. The van der Waals surface area contributed by atoms with Crippen molar-refractivity contribution >= 4 is 17.3 Å².